The first-order valence-corrected chi connectivity index (χ1v) is 9.84. The van der Waals surface area contributed by atoms with Gasteiger partial charge in [-0.25, -0.2) is 4.79 Å². The second kappa shape index (κ2) is 10.5. The molecule has 0 unspecified atom stereocenters. The lowest BCUT2D eigenvalue weighted by atomic mass is 10.1. The number of halogens is 1. The van der Waals surface area contributed by atoms with Crippen LogP contribution in [0.5, 0.6) is 11.5 Å². The van der Waals surface area contributed by atoms with Gasteiger partial charge in [0.25, 0.3) is 0 Å². The molecule has 0 aromatic heterocycles. The van der Waals surface area contributed by atoms with Crippen molar-refractivity contribution in [1.29, 1.82) is 0 Å². The van der Waals surface area contributed by atoms with Crippen molar-refractivity contribution < 1.29 is 23.8 Å². The predicted molar refractivity (Wildman–Crippen MR) is 114 cm³/mol. The monoisotopic (exact) mass is 424 g/mol. The fraction of sp³-hybridized carbons (Fsp3) is 0.167. The minimum atomic E-state index is -0.618. The maximum absolute atomic E-state index is 12.4. The second-order valence-corrected chi connectivity index (χ2v) is 6.81. The third-order valence-corrected chi connectivity index (χ3v) is 4.47. The van der Waals surface area contributed by atoms with E-state index in [1.54, 1.807) is 42.5 Å². The molecule has 154 valence electrons. The molecule has 30 heavy (non-hydrogen) atoms. The van der Waals surface area contributed by atoms with Crippen molar-refractivity contribution in [2.24, 2.45) is 0 Å². The van der Waals surface area contributed by atoms with Gasteiger partial charge in [-0.1, -0.05) is 41.9 Å². The van der Waals surface area contributed by atoms with Crippen molar-refractivity contribution in [3.63, 3.8) is 0 Å². The molecule has 0 saturated carbocycles. The molecule has 0 fully saturated rings. The molecule has 0 aliphatic carbocycles. The van der Waals surface area contributed by atoms with Gasteiger partial charge in [0.15, 0.2) is 23.9 Å². The summed E-state index contributed by atoms with van der Waals surface area (Å²) < 4.78 is 16.6. The Morgan fingerprint density at radius 1 is 0.833 bits per heavy atom. The summed E-state index contributed by atoms with van der Waals surface area (Å²) >= 11 is 5.82. The molecule has 0 radical (unpaired) electrons. The highest BCUT2D eigenvalue weighted by Gasteiger charge is 2.15. The zero-order valence-electron chi connectivity index (χ0n) is 16.5. The number of rotatable bonds is 9. The minimum Gasteiger partial charge on any atom is -0.490 e. The molecule has 3 rings (SSSR count). The summed E-state index contributed by atoms with van der Waals surface area (Å²) in [5, 5.41) is 0.529. The van der Waals surface area contributed by atoms with Gasteiger partial charge in [-0.3, -0.25) is 4.79 Å². The number of ketones is 1. The van der Waals surface area contributed by atoms with Crippen LogP contribution < -0.4 is 9.47 Å². The Bertz CT molecular complexity index is 1000. The fourth-order valence-corrected chi connectivity index (χ4v) is 2.82. The van der Waals surface area contributed by atoms with Crippen molar-refractivity contribution in [1.82, 2.24) is 0 Å². The molecule has 0 aliphatic rings. The molecule has 0 N–H and O–H groups in total. The van der Waals surface area contributed by atoms with Crippen LogP contribution in [-0.4, -0.2) is 25.0 Å². The second-order valence-electron chi connectivity index (χ2n) is 6.38. The maximum Gasteiger partial charge on any atom is 0.338 e. The van der Waals surface area contributed by atoms with E-state index in [1.807, 2.05) is 37.3 Å². The van der Waals surface area contributed by atoms with Crippen LogP contribution in [0.3, 0.4) is 0 Å². The van der Waals surface area contributed by atoms with Crippen LogP contribution in [-0.2, 0) is 11.3 Å². The van der Waals surface area contributed by atoms with E-state index in [1.165, 1.54) is 0 Å². The topological polar surface area (TPSA) is 61.8 Å². The van der Waals surface area contributed by atoms with Gasteiger partial charge in [-0.05, 0) is 55.0 Å². The number of benzene rings is 3. The number of ether oxygens (including phenoxy) is 3. The maximum atomic E-state index is 12.4. The summed E-state index contributed by atoms with van der Waals surface area (Å²) in [7, 11) is 0. The van der Waals surface area contributed by atoms with Crippen LogP contribution in [0.2, 0.25) is 5.02 Å². The van der Waals surface area contributed by atoms with E-state index in [9.17, 15) is 9.59 Å². The lowest BCUT2D eigenvalue weighted by Crippen LogP contribution is -2.14. The van der Waals surface area contributed by atoms with E-state index in [0.29, 0.717) is 35.3 Å². The lowest BCUT2D eigenvalue weighted by molar-refractivity contribution is 0.0474. The van der Waals surface area contributed by atoms with Crippen molar-refractivity contribution in [2.45, 2.75) is 13.5 Å². The number of carbonyl (C=O) groups is 2. The summed E-state index contributed by atoms with van der Waals surface area (Å²) in [6.45, 7) is 2.27. The third kappa shape index (κ3) is 5.84. The molecule has 0 atom stereocenters. The number of Topliss-reactive ketones (excluding diaryl/α,β-unsaturated/α-hetero) is 1. The highest BCUT2D eigenvalue weighted by molar-refractivity contribution is 6.30. The largest absolute Gasteiger partial charge is 0.490 e. The molecule has 0 aliphatic heterocycles. The van der Waals surface area contributed by atoms with Crippen LogP contribution in [0, 0.1) is 0 Å². The molecular weight excluding hydrogens is 404 g/mol. The van der Waals surface area contributed by atoms with Crippen LogP contribution in [0.4, 0.5) is 0 Å². The molecular formula is C24H21ClO5. The first kappa shape index (κ1) is 21.4. The van der Waals surface area contributed by atoms with E-state index in [0.717, 1.165) is 5.56 Å². The summed E-state index contributed by atoms with van der Waals surface area (Å²) in [6, 6.07) is 20.9. The van der Waals surface area contributed by atoms with Crippen LogP contribution >= 0.6 is 11.6 Å². The Labute approximate surface area is 180 Å². The highest BCUT2D eigenvalue weighted by atomic mass is 35.5. The summed E-state index contributed by atoms with van der Waals surface area (Å²) in [5.41, 5.74) is 1.71. The molecule has 0 heterocycles. The molecule has 0 saturated heterocycles. The first-order valence-electron chi connectivity index (χ1n) is 9.46. The normalized spacial score (nSPS) is 10.3. The minimum absolute atomic E-state index is 0.273. The molecule has 5 nitrogen and oxygen atoms in total. The Balaban J connectivity index is 1.64. The molecule has 0 amide bonds. The Hall–Kier alpha value is -3.31. The first-order chi connectivity index (χ1) is 14.6. The van der Waals surface area contributed by atoms with Gasteiger partial charge in [0.05, 0.1) is 12.2 Å². The fourth-order valence-electron chi connectivity index (χ4n) is 2.69. The summed E-state index contributed by atoms with van der Waals surface area (Å²) in [4.78, 5) is 24.6. The SMILES string of the molecule is CCOc1cc(C(=O)OCC(=O)c2ccc(Cl)cc2)ccc1OCc1ccccc1. The molecule has 3 aromatic carbocycles. The average molecular weight is 425 g/mol. The van der Waals surface area contributed by atoms with Crippen LogP contribution in [0.1, 0.15) is 33.2 Å². The number of carbonyl (C=O) groups excluding carboxylic acids is 2. The van der Waals surface area contributed by atoms with Gasteiger partial charge < -0.3 is 14.2 Å². The van der Waals surface area contributed by atoms with Crippen molar-refractivity contribution in [3.8, 4) is 11.5 Å². The van der Waals surface area contributed by atoms with E-state index in [-0.39, 0.29) is 18.0 Å². The van der Waals surface area contributed by atoms with E-state index in [4.69, 9.17) is 25.8 Å². The summed E-state index contributed by atoms with van der Waals surface area (Å²) in [5.74, 6) is 0.0298. The average Bonchev–Trinajstić information content (AvgIpc) is 2.77. The molecule has 0 spiro atoms. The number of hydrogen-bond donors (Lipinski definition) is 0. The van der Waals surface area contributed by atoms with E-state index >= 15 is 0 Å². The quantitative estimate of drug-likeness (QED) is 0.342. The Kier molecular flexibility index (Phi) is 7.46. The molecule has 0 bridgehead atoms. The zero-order valence-corrected chi connectivity index (χ0v) is 17.2. The van der Waals surface area contributed by atoms with Gasteiger partial charge in [0.2, 0.25) is 0 Å². The zero-order chi connectivity index (χ0) is 21.3. The van der Waals surface area contributed by atoms with Gasteiger partial charge in [-0.15, -0.1) is 0 Å². The lowest BCUT2D eigenvalue weighted by Gasteiger charge is -2.13. The third-order valence-electron chi connectivity index (χ3n) is 4.22. The highest BCUT2D eigenvalue weighted by Crippen LogP contribution is 2.29. The van der Waals surface area contributed by atoms with E-state index in [2.05, 4.69) is 0 Å². The standard InChI is InChI=1S/C24H21ClO5/c1-2-28-23-14-19(10-13-22(23)29-15-17-6-4-3-5-7-17)24(27)30-16-21(26)18-8-11-20(25)12-9-18/h3-14H,2,15-16H2,1H3. The molecule has 3 aromatic rings. The summed E-state index contributed by atoms with van der Waals surface area (Å²) in [6.07, 6.45) is 0. The van der Waals surface area contributed by atoms with Gasteiger partial charge in [0.1, 0.15) is 6.61 Å². The van der Waals surface area contributed by atoms with Crippen LogP contribution in [0.15, 0.2) is 72.8 Å². The van der Waals surface area contributed by atoms with Crippen LogP contribution in [0.25, 0.3) is 0 Å². The van der Waals surface area contributed by atoms with E-state index < -0.39 is 5.97 Å². The molecule has 6 heteroatoms. The number of esters is 1. The van der Waals surface area contributed by atoms with Crippen molar-refractivity contribution in [3.05, 3.63) is 94.5 Å². The van der Waals surface area contributed by atoms with Gasteiger partial charge in [0, 0.05) is 10.6 Å². The van der Waals surface area contributed by atoms with Gasteiger partial charge >= 0.3 is 5.97 Å². The van der Waals surface area contributed by atoms with Gasteiger partial charge in [-0.2, -0.15) is 0 Å². The van der Waals surface area contributed by atoms with Crippen molar-refractivity contribution >= 4 is 23.4 Å². The smallest absolute Gasteiger partial charge is 0.338 e. The predicted octanol–water partition coefficient (Wildman–Crippen LogP) is 5.36. The Morgan fingerprint density at radius 2 is 1.53 bits per heavy atom. The van der Waals surface area contributed by atoms with Crippen molar-refractivity contribution in [2.75, 3.05) is 13.2 Å². The Morgan fingerprint density at radius 3 is 2.23 bits per heavy atom. The number of hydrogen-bond acceptors (Lipinski definition) is 5.